The number of nitrogens with zero attached hydrogens (tertiary/aromatic N) is 4. The zero-order valence-corrected chi connectivity index (χ0v) is 34.3. The van der Waals surface area contributed by atoms with Gasteiger partial charge < -0.3 is 4.57 Å². The molecule has 7 aromatic carbocycles. The van der Waals surface area contributed by atoms with Gasteiger partial charge in [-0.1, -0.05) is 78.9 Å². The van der Waals surface area contributed by atoms with Crippen molar-refractivity contribution in [1.82, 2.24) is 14.1 Å². The maximum absolute atomic E-state index is 14.4. The average Bonchev–Trinajstić information content (AvgIpc) is 3.82. The van der Waals surface area contributed by atoms with Crippen LogP contribution in [-0.4, -0.2) is 14.1 Å². The van der Waals surface area contributed by atoms with Crippen LogP contribution in [0.5, 0.6) is 0 Å². The molecule has 3 aromatic heterocycles. The van der Waals surface area contributed by atoms with Crippen LogP contribution in [0.4, 0.5) is 52.7 Å². The normalized spacial score (nSPS) is 12.7. The van der Waals surface area contributed by atoms with Gasteiger partial charge in [-0.2, -0.15) is 57.9 Å². The van der Waals surface area contributed by atoms with Crippen molar-refractivity contribution in [3.63, 3.8) is 0 Å². The molecule has 0 radical (unpaired) electrons. The van der Waals surface area contributed by atoms with Crippen LogP contribution >= 0.6 is 0 Å². The Morgan fingerprint density at radius 1 is 0.397 bits per heavy atom. The largest absolute Gasteiger partial charge is 0.417 e. The van der Waals surface area contributed by atoms with Gasteiger partial charge in [0.1, 0.15) is 5.82 Å². The van der Waals surface area contributed by atoms with E-state index in [-0.39, 0.29) is 28.8 Å². The van der Waals surface area contributed by atoms with E-state index in [4.69, 9.17) is 4.98 Å². The summed E-state index contributed by atoms with van der Waals surface area (Å²) in [6.07, 6.45) is -18.7. The van der Waals surface area contributed by atoms with Crippen molar-refractivity contribution in [3.8, 4) is 51.0 Å². The molecule has 0 spiro atoms. The molecule has 0 aliphatic carbocycles. The fourth-order valence-electron chi connectivity index (χ4n) is 8.97. The van der Waals surface area contributed by atoms with Crippen molar-refractivity contribution in [2.45, 2.75) is 24.7 Å². The maximum Gasteiger partial charge on any atom is 0.417 e. The Balaban J connectivity index is 1.19. The van der Waals surface area contributed by atoms with Gasteiger partial charge in [-0.15, -0.1) is 0 Å². The SMILES string of the molecule is N#Cc1ccccc1-c1cc(-n2c3ccccc3c3cc(-c4ccc(C(F)(F)F)cc4C(F)(F)F)ccc32)ncc1-n1c2ccccc2c2cc(-c3ccc(C(F)(F)F)cc3C(F)(F)F)ccc21. The highest BCUT2D eigenvalue weighted by Gasteiger charge is 2.40. The third-order valence-corrected chi connectivity index (χ3v) is 11.9. The minimum Gasteiger partial charge on any atom is -0.307 e. The lowest BCUT2D eigenvalue weighted by atomic mass is 9.95. The van der Waals surface area contributed by atoms with Gasteiger partial charge in [0.15, 0.2) is 0 Å². The number of fused-ring (bicyclic) bond motifs is 6. The number of benzene rings is 7. The Morgan fingerprint density at radius 3 is 1.35 bits per heavy atom. The molecule has 0 atom stereocenters. The van der Waals surface area contributed by atoms with Crippen LogP contribution in [0.3, 0.4) is 0 Å². The molecule has 10 rings (SSSR count). The van der Waals surface area contributed by atoms with Crippen molar-refractivity contribution < 1.29 is 52.7 Å². The first-order valence-corrected chi connectivity index (χ1v) is 20.4. The lowest BCUT2D eigenvalue weighted by molar-refractivity contribution is -0.144. The second kappa shape index (κ2) is 15.5. The van der Waals surface area contributed by atoms with Crippen LogP contribution in [0.1, 0.15) is 27.8 Å². The summed E-state index contributed by atoms with van der Waals surface area (Å²) in [5, 5.41) is 12.4. The Kier molecular flexibility index (Phi) is 9.99. The highest BCUT2D eigenvalue weighted by Crippen LogP contribution is 2.46. The maximum atomic E-state index is 14.4. The number of hydrogen-bond acceptors (Lipinski definition) is 2. The third-order valence-electron chi connectivity index (χ3n) is 11.9. The number of hydrogen-bond donors (Lipinski definition) is 0. The van der Waals surface area contributed by atoms with Crippen LogP contribution in [0.25, 0.3) is 88.5 Å². The van der Waals surface area contributed by atoms with Gasteiger partial charge in [-0.25, -0.2) is 4.98 Å². The molecule has 4 nitrogen and oxygen atoms in total. The van der Waals surface area contributed by atoms with Crippen LogP contribution in [-0.2, 0) is 24.7 Å². The lowest BCUT2D eigenvalue weighted by Gasteiger charge is -2.18. The third kappa shape index (κ3) is 7.34. The van der Waals surface area contributed by atoms with Gasteiger partial charge in [-0.3, -0.25) is 4.57 Å². The first kappa shape index (κ1) is 43.8. The molecular formula is C52H26F12N4. The van der Waals surface area contributed by atoms with E-state index in [1.807, 2.05) is 4.57 Å². The fraction of sp³-hybridized carbons (Fsp3) is 0.0769. The molecule has 3 heterocycles. The molecular weight excluding hydrogens is 909 g/mol. The van der Waals surface area contributed by atoms with E-state index in [1.54, 1.807) is 102 Å². The predicted octanol–water partition coefficient (Wildman–Crippen LogP) is 16.2. The van der Waals surface area contributed by atoms with Gasteiger partial charge >= 0.3 is 24.7 Å². The van der Waals surface area contributed by atoms with Gasteiger partial charge in [-0.05, 0) is 95.1 Å². The molecule has 0 unspecified atom stereocenters. The minimum atomic E-state index is -5.13. The molecule has 68 heavy (non-hydrogen) atoms. The van der Waals surface area contributed by atoms with Crippen molar-refractivity contribution in [1.29, 1.82) is 5.26 Å². The summed E-state index contributed by atoms with van der Waals surface area (Å²) >= 11 is 0. The van der Waals surface area contributed by atoms with Gasteiger partial charge in [0.2, 0.25) is 0 Å². The van der Waals surface area contributed by atoms with Crippen molar-refractivity contribution in [2.24, 2.45) is 0 Å². The predicted molar refractivity (Wildman–Crippen MR) is 234 cm³/mol. The molecule has 0 aliphatic rings. The highest BCUT2D eigenvalue weighted by atomic mass is 19.4. The van der Waals surface area contributed by atoms with Crippen molar-refractivity contribution in [3.05, 3.63) is 186 Å². The quantitative estimate of drug-likeness (QED) is 0.161. The molecule has 10 aromatic rings. The van der Waals surface area contributed by atoms with Gasteiger partial charge in [0.05, 0.1) is 67.8 Å². The number of alkyl halides is 12. The summed E-state index contributed by atoms with van der Waals surface area (Å²) in [5.74, 6) is 0.297. The number of pyridine rings is 1. The monoisotopic (exact) mass is 934 g/mol. The summed E-state index contributed by atoms with van der Waals surface area (Å²) in [6, 6.07) is 36.4. The number of nitriles is 1. The Bertz CT molecular complexity index is 3710. The molecule has 338 valence electrons. The zero-order chi connectivity index (χ0) is 48.1. The van der Waals surface area contributed by atoms with E-state index in [1.165, 1.54) is 24.3 Å². The van der Waals surface area contributed by atoms with E-state index < -0.39 is 58.1 Å². The van der Waals surface area contributed by atoms with E-state index in [0.29, 0.717) is 78.4 Å². The van der Waals surface area contributed by atoms with E-state index in [9.17, 15) is 57.9 Å². The van der Waals surface area contributed by atoms with Crippen molar-refractivity contribution >= 4 is 43.6 Å². The van der Waals surface area contributed by atoms with Crippen LogP contribution in [0, 0.1) is 11.3 Å². The number of halogens is 12. The molecule has 0 saturated heterocycles. The first-order valence-electron chi connectivity index (χ1n) is 20.4. The molecule has 0 fully saturated rings. The number of para-hydroxylation sites is 2. The molecule has 0 aliphatic heterocycles. The summed E-state index contributed by atoms with van der Waals surface area (Å²) in [4.78, 5) is 4.91. The van der Waals surface area contributed by atoms with Gasteiger partial charge in [0.25, 0.3) is 0 Å². The van der Waals surface area contributed by atoms with E-state index >= 15 is 0 Å². The molecule has 0 N–H and O–H groups in total. The lowest BCUT2D eigenvalue weighted by Crippen LogP contribution is -2.12. The Hall–Kier alpha value is -8.06. The van der Waals surface area contributed by atoms with E-state index in [2.05, 4.69) is 6.07 Å². The molecule has 0 bridgehead atoms. The minimum absolute atomic E-state index is 0.00690. The second-order valence-electron chi connectivity index (χ2n) is 15.9. The van der Waals surface area contributed by atoms with Crippen LogP contribution < -0.4 is 0 Å². The zero-order valence-electron chi connectivity index (χ0n) is 34.3. The topological polar surface area (TPSA) is 46.5 Å². The van der Waals surface area contributed by atoms with E-state index in [0.717, 1.165) is 12.1 Å². The fourth-order valence-corrected chi connectivity index (χ4v) is 8.97. The number of aromatic nitrogens is 3. The average molecular weight is 935 g/mol. The standard InChI is InChI=1S/C52H26F12N4/c53-49(54,55)31-15-17-34(41(23-31)51(59,60)61)28-13-19-45-38(21-28)36-9-3-5-11-43(36)67(45)47-27-66-48(25-40(47)33-8-2-1-7-30(33)26-65)68-44-12-6-4-10-37(44)39-22-29(14-20-46(39)68)35-18-16-32(50(56,57)58)24-42(35)52(62,63)64/h1-25,27H. The second-order valence-corrected chi connectivity index (χ2v) is 15.9. The summed E-state index contributed by atoms with van der Waals surface area (Å²) in [6.45, 7) is 0. The summed E-state index contributed by atoms with van der Waals surface area (Å²) in [7, 11) is 0. The Labute approximate surface area is 376 Å². The molecule has 16 heteroatoms. The van der Waals surface area contributed by atoms with Crippen LogP contribution in [0.15, 0.2) is 158 Å². The first-order chi connectivity index (χ1) is 32.2. The summed E-state index contributed by atoms with van der Waals surface area (Å²) < 4.78 is 171. The smallest absolute Gasteiger partial charge is 0.307 e. The summed E-state index contributed by atoms with van der Waals surface area (Å²) in [5.41, 5.74) is -3.02. The molecule has 0 saturated carbocycles. The highest BCUT2D eigenvalue weighted by molar-refractivity contribution is 6.12. The number of rotatable bonds is 5. The molecule has 0 amide bonds. The van der Waals surface area contributed by atoms with Crippen LogP contribution in [0.2, 0.25) is 0 Å². The van der Waals surface area contributed by atoms with Crippen molar-refractivity contribution in [2.75, 3.05) is 0 Å². The Morgan fingerprint density at radius 2 is 0.853 bits per heavy atom. The van der Waals surface area contributed by atoms with Gasteiger partial charge in [0, 0.05) is 32.7 Å².